The van der Waals surface area contributed by atoms with E-state index in [1.807, 2.05) is 0 Å². The van der Waals surface area contributed by atoms with E-state index in [0.29, 0.717) is 0 Å². The zero-order valence-electron chi connectivity index (χ0n) is 11.2. The van der Waals surface area contributed by atoms with E-state index >= 15 is 0 Å². The summed E-state index contributed by atoms with van der Waals surface area (Å²) in [5, 5.41) is 11.2. The zero-order chi connectivity index (χ0) is 12.3. The monoisotopic (exact) mass is 222 g/mol. The van der Waals surface area contributed by atoms with Crippen LogP contribution in [0.25, 0.3) is 0 Å². The first-order chi connectivity index (χ1) is 6.49. The number of ether oxygens (including phenoxy) is 2. The number of rotatable bonds is 2. The molecule has 0 N–H and O–H groups in total. The fourth-order valence-corrected chi connectivity index (χ4v) is 0.759. The first-order valence-corrected chi connectivity index (χ1v) is 4.80. The van der Waals surface area contributed by atoms with Gasteiger partial charge in [-0.15, -0.1) is 0 Å². The molecule has 0 bridgehead atoms. The molecule has 0 heterocycles. The van der Waals surface area contributed by atoms with Gasteiger partial charge in [0.15, 0.2) is 0 Å². The van der Waals surface area contributed by atoms with Crippen molar-refractivity contribution in [2.75, 3.05) is 0 Å². The third-order valence-corrected chi connectivity index (χ3v) is 1.05. The van der Waals surface area contributed by atoms with E-state index < -0.39 is 23.1 Å². The standard InChI is InChI=1S/C11H20O4.Li/c1-10(2,3)14-8(12)7-9(13)15-11(4,5)6;/h7,12H,1-6H3;/q;+1/p-1. The molecule has 16 heavy (non-hydrogen) atoms. The smallest absolute Gasteiger partial charge is 0.607 e. The van der Waals surface area contributed by atoms with Crippen LogP contribution in [0.3, 0.4) is 0 Å². The average Bonchev–Trinajstić information content (AvgIpc) is 1.73. The topological polar surface area (TPSA) is 58.6 Å². The molecule has 0 aromatic carbocycles. The average molecular weight is 222 g/mol. The first kappa shape index (κ1) is 17.8. The summed E-state index contributed by atoms with van der Waals surface area (Å²) in [5.41, 5.74) is -1.20. The number of esters is 1. The minimum atomic E-state index is -0.684. The summed E-state index contributed by atoms with van der Waals surface area (Å²) < 4.78 is 9.86. The van der Waals surface area contributed by atoms with Gasteiger partial charge in [0.2, 0.25) is 0 Å². The summed E-state index contributed by atoms with van der Waals surface area (Å²) in [5.74, 6) is -1.37. The molecule has 0 saturated carbocycles. The van der Waals surface area contributed by atoms with Gasteiger partial charge in [-0.05, 0) is 20.8 Å². The minimum absolute atomic E-state index is 0. The molecule has 0 rings (SSSR count). The quantitative estimate of drug-likeness (QED) is 0.243. The third-order valence-electron chi connectivity index (χ3n) is 1.05. The molecule has 0 aliphatic carbocycles. The molecular formula is C11H19LiO4. The van der Waals surface area contributed by atoms with Crippen LogP contribution in [0.1, 0.15) is 41.5 Å². The molecule has 0 amide bonds. The van der Waals surface area contributed by atoms with Gasteiger partial charge in [0.05, 0.1) is 5.95 Å². The van der Waals surface area contributed by atoms with E-state index in [0.717, 1.165) is 6.08 Å². The second-order valence-electron chi connectivity index (χ2n) is 5.21. The minimum Gasteiger partial charge on any atom is -0.607 e. The van der Waals surface area contributed by atoms with Crippen LogP contribution in [0.4, 0.5) is 0 Å². The van der Waals surface area contributed by atoms with Gasteiger partial charge in [-0.2, -0.15) is 0 Å². The maximum Gasteiger partial charge on any atom is 1.00 e. The van der Waals surface area contributed by atoms with Crippen molar-refractivity contribution < 1.29 is 38.2 Å². The van der Waals surface area contributed by atoms with Crippen LogP contribution in [-0.4, -0.2) is 17.2 Å². The molecule has 0 atom stereocenters. The fourth-order valence-electron chi connectivity index (χ4n) is 0.759. The summed E-state index contributed by atoms with van der Waals surface area (Å²) in [6.07, 6.45) is 0.816. The second kappa shape index (κ2) is 6.22. The molecule has 0 unspecified atom stereocenters. The molecule has 0 spiro atoms. The van der Waals surface area contributed by atoms with E-state index in [2.05, 4.69) is 0 Å². The van der Waals surface area contributed by atoms with Crippen molar-refractivity contribution in [3.63, 3.8) is 0 Å². The van der Waals surface area contributed by atoms with Crippen LogP contribution in [-0.2, 0) is 14.3 Å². The van der Waals surface area contributed by atoms with Crippen molar-refractivity contribution >= 4 is 5.97 Å². The molecule has 0 aliphatic rings. The van der Waals surface area contributed by atoms with Crippen LogP contribution >= 0.6 is 0 Å². The van der Waals surface area contributed by atoms with Crippen LogP contribution in [0, 0.1) is 0 Å². The number of hydrogen-bond donors (Lipinski definition) is 0. The van der Waals surface area contributed by atoms with Crippen LogP contribution in [0.15, 0.2) is 12.0 Å². The second-order valence-corrected chi connectivity index (χ2v) is 5.21. The Morgan fingerprint density at radius 1 is 1.00 bits per heavy atom. The molecule has 0 aromatic rings. The van der Waals surface area contributed by atoms with Gasteiger partial charge in [0.25, 0.3) is 0 Å². The summed E-state index contributed by atoms with van der Waals surface area (Å²) in [4.78, 5) is 11.2. The molecule has 0 aliphatic heterocycles. The van der Waals surface area contributed by atoms with E-state index in [4.69, 9.17) is 9.47 Å². The molecule has 0 saturated heterocycles. The van der Waals surface area contributed by atoms with Gasteiger partial charge in [-0.1, -0.05) is 20.8 Å². The molecular weight excluding hydrogens is 203 g/mol. The van der Waals surface area contributed by atoms with Crippen LogP contribution in [0.5, 0.6) is 0 Å². The van der Waals surface area contributed by atoms with Crippen molar-refractivity contribution in [3.8, 4) is 0 Å². The maximum atomic E-state index is 11.2. The Kier molecular flexibility index (Phi) is 6.91. The summed E-state index contributed by atoms with van der Waals surface area (Å²) >= 11 is 0. The Bertz CT molecular complexity index is 258. The van der Waals surface area contributed by atoms with Crippen molar-refractivity contribution in [3.05, 3.63) is 12.0 Å². The number of carbonyl (C=O) groups is 1. The van der Waals surface area contributed by atoms with Gasteiger partial charge in [0, 0.05) is 11.7 Å². The van der Waals surface area contributed by atoms with Crippen molar-refractivity contribution in [2.24, 2.45) is 0 Å². The largest absolute Gasteiger partial charge is 1.00 e. The fraction of sp³-hybridized carbons (Fsp3) is 0.727. The predicted molar refractivity (Wildman–Crippen MR) is 54.8 cm³/mol. The van der Waals surface area contributed by atoms with E-state index in [1.165, 1.54) is 0 Å². The van der Waals surface area contributed by atoms with Gasteiger partial charge in [0.1, 0.15) is 5.60 Å². The van der Waals surface area contributed by atoms with Crippen LogP contribution < -0.4 is 24.0 Å². The molecule has 0 aromatic heterocycles. The summed E-state index contributed by atoms with van der Waals surface area (Å²) in [6.45, 7) is 10.4. The van der Waals surface area contributed by atoms with Gasteiger partial charge >= 0.3 is 24.8 Å². The van der Waals surface area contributed by atoms with Gasteiger partial charge in [-0.25, -0.2) is 4.79 Å². The third kappa shape index (κ3) is 11.5. The van der Waals surface area contributed by atoms with Crippen molar-refractivity contribution in [1.82, 2.24) is 0 Å². The van der Waals surface area contributed by atoms with Crippen molar-refractivity contribution in [2.45, 2.75) is 52.7 Å². The maximum absolute atomic E-state index is 11.2. The molecule has 4 nitrogen and oxygen atoms in total. The van der Waals surface area contributed by atoms with Crippen LogP contribution in [0.2, 0.25) is 0 Å². The first-order valence-electron chi connectivity index (χ1n) is 4.80. The number of hydrogen-bond acceptors (Lipinski definition) is 4. The summed E-state index contributed by atoms with van der Waals surface area (Å²) in [6, 6.07) is 0. The van der Waals surface area contributed by atoms with E-state index in [-0.39, 0.29) is 18.9 Å². The Morgan fingerprint density at radius 3 is 1.69 bits per heavy atom. The molecule has 0 fully saturated rings. The normalized spacial score (nSPS) is 12.8. The van der Waals surface area contributed by atoms with Gasteiger partial charge in [-0.3, -0.25) is 0 Å². The van der Waals surface area contributed by atoms with Gasteiger partial charge < -0.3 is 14.6 Å². The number of carbonyl (C=O) groups excluding carboxylic acids is 1. The van der Waals surface area contributed by atoms with E-state index in [9.17, 15) is 9.90 Å². The van der Waals surface area contributed by atoms with Crippen molar-refractivity contribution in [1.29, 1.82) is 0 Å². The Balaban J connectivity index is 0. The SMILES string of the molecule is CC(C)(C)OC(=O)C=C([O-])OC(C)(C)C.[Li+]. The molecule has 0 radical (unpaired) electrons. The Morgan fingerprint density at radius 2 is 1.38 bits per heavy atom. The zero-order valence-corrected chi connectivity index (χ0v) is 11.2. The summed E-state index contributed by atoms with van der Waals surface area (Å²) in [7, 11) is 0. The molecule has 88 valence electrons. The Labute approximate surface area is 109 Å². The van der Waals surface area contributed by atoms with E-state index in [1.54, 1.807) is 41.5 Å². The molecule has 5 heteroatoms. The predicted octanol–water partition coefficient (Wildman–Crippen LogP) is -1.65. The Hall–Kier alpha value is -0.593.